The standard InChI is InChI=1S/C10H14N2O4/c13-6-9(7-14)11-5-8-1-3-10(4-2-8)12(15)16/h1-4,9,11,13-14H,5-7H2. The molecule has 1 rings (SSSR count). The van der Waals surface area contributed by atoms with Gasteiger partial charge in [-0.25, -0.2) is 0 Å². The van der Waals surface area contributed by atoms with E-state index in [-0.39, 0.29) is 24.9 Å². The molecule has 0 aliphatic carbocycles. The van der Waals surface area contributed by atoms with E-state index in [0.717, 1.165) is 5.56 Å². The molecule has 0 atom stereocenters. The lowest BCUT2D eigenvalue weighted by Crippen LogP contribution is -2.35. The number of hydrogen-bond donors (Lipinski definition) is 3. The molecule has 0 aliphatic rings. The monoisotopic (exact) mass is 226 g/mol. The largest absolute Gasteiger partial charge is 0.395 e. The van der Waals surface area contributed by atoms with Crippen molar-refractivity contribution in [3.8, 4) is 0 Å². The predicted molar refractivity (Wildman–Crippen MR) is 57.9 cm³/mol. The fraction of sp³-hybridized carbons (Fsp3) is 0.400. The Morgan fingerprint density at radius 2 is 1.81 bits per heavy atom. The van der Waals surface area contributed by atoms with Crippen LogP contribution in [0.5, 0.6) is 0 Å². The van der Waals surface area contributed by atoms with Crippen molar-refractivity contribution in [2.75, 3.05) is 13.2 Å². The number of rotatable bonds is 6. The Hall–Kier alpha value is -1.50. The zero-order valence-corrected chi connectivity index (χ0v) is 8.67. The first-order valence-corrected chi connectivity index (χ1v) is 4.85. The SMILES string of the molecule is O=[N+]([O-])c1ccc(CNC(CO)CO)cc1. The van der Waals surface area contributed by atoms with Crippen molar-refractivity contribution in [2.24, 2.45) is 0 Å². The molecule has 0 saturated carbocycles. The van der Waals surface area contributed by atoms with E-state index >= 15 is 0 Å². The Labute approximate surface area is 92.7 Å². The number of aliphatic hydroxyl groups is 2. The maximum atomic E-state index is 10.4. The van der Waals surface area contributed by atoms with Crippen LogP contribution in [-0.4, -0.2) is 34.4 Å². The summed E-state index contributed by atoms with van der Waals surface area (Å²) >= 11 is 0. The lowest BCUT2D eigenvalue weighted by molar-refractivity contribution is -0.384. The Kier molecular flexibility index (Phi) is 4.84. The molecule has 0 heterocycles. The van der Waals surface area contributed by atoms with Crippen LogP contribution in [0.2, 0.25) is 0 Å². The number of non-ortho nitro benzene ring substituents is 1. The molecule has 16 heavy (non-hydrogen) atoms. The maximum Gasteiger partial charge on any atom is 0.269 e. The van der Waals surface area contributed by atoms with E-state index in [2.05, 4.69) is 5.32 Å². The number of hydrogen-bond acceptors (Lipinski definition) is 5. The average molecular weight is 226 g/mol. The molecule has 0 unspecified atom stereocenters. The number of nitrogens with zero attached hydrogens (tertiary/aromatic N) is 1. The van der Waals surface area contributed by atoms with E-state index in [1.165, 1.54) is 12.1 Å². The van der Waals surface area contributed by atoms with Crippen LogP contribution in [0.25, 0.3) is 0 Å². The van der Waals surface area contributed by atoms with Gasteiger partial charge in [-0.3, -0.25) is 10.1 Å². The quantitative estimate of drug-likeness (QED) is 0.470. The van der Waals surface area contributed by atoms with Gasteiger partial charge in [0, 0.05) is 18.7 Å². The molecule has 0 aromatic heterocycles. The van der Waals surface area contributed by atoms with Crippen molar-refractivity contribution >= 4 is 5.69 Å². The van der Waals surface area contributed by atoms with Gasteiger partial charge in [-0.05, 0) is 5.56 Å². The fourth-order valence-corrected chi connectivity index (χ4v) is 1.18. The summed E-state index contributed by atoms with van der Waals surface area (Å²) in [4.78, 5) is 9.94. The molecule has 0 aliphatic heterocycles. The van der Waals surface area contributed by atoms with Gasteiger partial charge in [-0.15, -0.1) is 0 Å². The summed E-state index contributed by atoms with van der Waals surface area (Å²) in [5.41, 5.74) is 0.905. The molecule has 0 spiro atoms. The van der Waals surface area contributed by atoms with Crippen LogP contribution >= 0.6 is 0 Å². The van der Waals surface area contributed by atoms with Crippen LogP contribution in [-0.2, 0) is 6.54 Å². The van der Waals surface area contributed by atoms with Gasteiger partial charge in [0.05, 0.1) is 24.2 Å². The van der Waals surface area contributed by atoms with Crippen molar-refractivity contribution in [3.63, 3.8) is 0 Å². The minimum absolute atomic E-state index is 0.0459. The molecule has 6 heteroatoms. The third-order valence-corrected chi connectivity index (χ3v) is 2.18. The highest BCUT2D eigenvalue weighted by atomic mass is 16.6. The second kappa shape index (κ2) is 6.16. The van der Waals surface area contributed by atoms with Crippen LogP contribution in [0.15, 0.2) is 24.3 Å². The topological polar surface area (TPSA) is 95.6 Å². The van der Waals surface area contributed by atoms with Crippen LogP contribution in [0.1, 0.15) is 5.56 Å². The molecular weight excluding hydrogens is 212 g/mol. The minimum atomic E-state index is -0.457. The van der Waals surface area contributed by atoms with E-state index in [1.807, 2.05) is 0 Å². The summed E-state index contributed by atoms with van der Waals surface area (Å²) in [7, 11) is 0. The van der Waals surface area contributed by atoms with E-state index in [4.69, 9.17) is 10.2 Å². The maximum absolute atomic E-state index is 10.4. The van der Waals surface area contributed by atoms with Crippen molar-refractivity contribution in [1.29, 1.82) is 0 Å². The molecular formula is C10H14N2O4. The van der Waals surface area contributed by atoms with Gasteiger partial charge in [0.15, 0.2) is 0 Å². The number of benzene rings is 1. The first-order valence-electron chi connectivity index (χ1n) is 4.85. The molecule has 0 fully saturated rings. The van der Waals surface area contributed by atoms with Gasteiger partial charge in [0.2, 0.25) is 0 Å². The molecule has 1 aromatic carbocycles. The van der Waals surface area contributed by atoms with E-state index in [9.17, 15) is 10.1 Å². The van der Waals surface area contributed by atoms with Crippen LogP contribution < -0.4 is 5.32 Å². The third kappa shape index (κ3) is 3.58. The van der Waals surface area contributed by atoms with Gasteiger partial charge in [-0.1, -0.05) is 12.1 Å². The Balaban J connectivity index is 2.52. The number of aliphatic hydroxyl groups excluding tert-OH is 2. The first kappa shape index (κ1) is 12.6. The molecule has 0 amide bonds. The highest BCUT2D eigenvalue weighted by molar-refractivity contribution is 5.32. The minimum Gasteiger partial charge on any atom is -0.395 e. The van der Waals surface area contributed by atoms with Crippen LogP contribution in [0, 0.1) is 10.1 Å². The highest BCUT2D eigenvalue weighted by Crippen LogP contribution is 2.11. The predicted octanol–water partition coefficient (Wildman–Crippen LogP) is 0.0376. The lowest BCUT2D eigenvalue weighted by Gasteiger charge is -2.12. The molecule has 6 nitrogen and oxygen atoms in total. The van der Waals surface area contributed by atoms with Crippen LogP contribution in [0.3, 0.4) is 0 Å². The average Bonchev–Trinajstić information content (AvgIpc) is 2.31. The van der Waals surface area contributed by atoms with Crippen molar-refractivity contribution in [2.45, 2.75) is 12.6 Å². The van der Waals surface area contributed by atoms with E-state index in [0.29, 0.717) is 6.54 Å². The Morgan fingerprint density at radius 3 is 2.25 bits per heavy atom. The van der Waals surface area contributed by atoms with Gasteiger partial charge in [0.25, 0.3) is 5.69 Å². The second-order valence-corrected chi connectivity index (χ2v) is 3.37. The first-order chi connectivity index (χ1) is 7.67. The molecule has 0 bridgehead atoms. The highest BCUT2D eigenvalue weighted by Gasteiger charge is 2.06. The van der Waals surface area contributed by atoms with Crippen LogP contribution in [0.4, 0.5) is 5.69 Å². The van der Waals surface area contributed by atoms with Gasteiger partial charge in [0.1, 0.15) is 0 Å². The summed E-state index contributed by atoms with van der Waals surface area (Å²) in [5, 5.41) is 30.9. The third-order valence-electron chi connectivity index (χ3n) is 2.18. The molecule has 88 valence electrons. The Bertz CT molecular complexity index is 335. The summed E-state index contributed by atoms with van der Waals surface area (Å²) in [6.45, 7) is 0.150. The second-order valence-electron chi connectivity index (χ2n) is 3.37. The summed E-state index contributed by atoms with van der Waals surface area (Å²) in [5.74, 6) is 0. The smallest absolute Gasteiger partial charge is 0.269 e. The van der Waals surface area contributed by atoms with Crippen molar-refractivity contribution in [1.82, 2.24) is 5.32 Å². The molecule has 0 radical (unpaired) electrons. The van der Waals surface area contributed by atoms with E-state index < -0.39 is 4.92 Å². The summed E-state index contributed by atoms with van der Waals surface area (Å²) < 4.78 is 0. The fourth-order valence-electron chi connectivity index (χ4n) is 1.18. The van der Waals surface area contributed by atoms with E-state index in [1.54, 1.807) is 12.1 Å². The molecule has 0 saturated heterocycles. The number of nitro groups is 1. The molecule has 3 N–H and O–H groups in total. The lowest BCUT2D eigenvalue weighted by atomic mass is 10.2. The number of nitro benzene ring substituents is 1. The van der Waals surface area contributed by atoms with Gasteiger partial charge < -0.3 is 15.5 Å². The zero-order chi connectivity index (χ0) is 12.0. The summed E-state index contributed by atoms with van der Waals surface area (Å²) in [6, 6.07) is 5.75. The van der Waals surface area contributed by atoms with Gasteiger partial charge >= 0.3 is 0 Å². The Morgan fingerprint density at radius 1 is 1.25 bits per heavy atom. The van der Waals surface area contributed by atoms with Crippen molar-refractivity contribution in [3.05, 3.63) is 39.9 Å². The molecule has 1 aromatic rings. The van der Waals surface area contributed by atoms with Crippen molar-refractivity contribution < 1.29 is 15.1 Å². The van der Waals surface area contributed by atoms with Gasteiger partial charge in [-0.2, -0.15) is 0 Å². The number of nitrogens with one attached hydrogen (secondary N) is 1. The normalized spacial score (nSPS) is 10.7. The zero-order valence-electron chi connectivity index (χ0n) is 8.67. The summed E-state index contributed by atoms with van der Waals surface area (Å²) in [6.07, 6.45) is 0.